The maximum absolute atomic E-state index is 5.25. The monoisotopic (exact) mass is 850 g/mol. The number of rotatable bonds is 7. The number of hydrogen-bond donors (Lipinski definition) is 0. The molecule has 13 rings (SSSR count). The van der Waals surface area contributed by atoms with Gasteiger partial charge in [-0.05, 0) is 100 Å². The van der Waals surface area contributed by atoms with E-state index >= 15 is 0 Å². The molecular weight excluding hydrogens is 809 g/mol. The molecule has 1 heterocycles. The summed E-state index contributed by atoms with van der Waals surface area (Å²) in [5.41, 5.74) is 16.9. The van der Waals surface area contributed by atoms with Crippen LogP contribution in [0.3, 0.4) is 0 Å². The molecule has 0 radical (unpaired) electrons. The molecule has 1 aliphatic rings. The molecule has 0 fully saturated rings. The Kier molecular flexibility index (Phi) is 9.11. The minimum Gasteiger partial charge on any atom is -0.228 e. The van der Waals surface area contributed by atoms with E-state index in [1.165, 1.54) is 77.2 Å². The van der Waals surface area contributed by atoms with Crippen LogP contribution in [-0.4, -0.2) is 9.97 Å². The van der Waals surface area contributed by atoms with Crippen molar-refractivity contribution in [3.8, 4) is 67.3 Å². The molecule has 11 aromatic carbocycles. The summed E-state index contributed by atoms with van der Waals surface area (Å²) in [7, 11) is 0. The van der Waals surface area contributed by atoms with Crippen molar-refractivity contribution in [2.45, 2.75) is 5.41 Å². The molecule has 0 unspecified atom stereocenters. The minimum absolute atomic E-state index is 0.570. The van der Waals surface area contributed by atoms with Gasteiger partial charge in [0.2, 0.25) is 0 Å². The summed E-state index contributed by atoms with van der Waals surface area (Å²) >= 11 is 0. The zero-order valence-corrected chi connectivity index (χ0v) is 36.6. The van der Waals surface area contributed by atoms with E-state index in [2.05, 4.69) is 243 Å². The van der Waals surface area contributed by atoms with Gasteiger partial charge in [-0.25, -0.2) is 9.97 Å². The lowest BCUT2D eigenvalue weighted by Crippen LogP contribution is -2.29. The first kappa shape index (κ1) is 38.7. The maximum atomic E-state index is 5.25. The van der Waals surface area contributed by atoms with Crippen LogP contribution in [-0.2, 0) is 5.41 Å². The van der Waals surface area contributed by atoms with E-state index in [9.17, 15) is 0 Å². The zero-order chi connectivity index (χ0) is 44.3. The highest BCUT2D eigenvalue weighted by atomic mass is 14.9. The largest absolute Gasteiger partial charge is 0.228 e. The quantitative estimate of drug-likeness (QED) is 0.160. The van der Waals surface area contributed by atoms with Crippen LogP contribution in [0.25, 0.3) is 99.6 Å². The molecule has 2 nitrogen and oxygen atoms in total. The average Bonchev–Trinajstić information content (AvgIpc) is 3.73. The van der Waals surface area contributed by atoms with Crippen LogP contribution in [0, 0.1) is 0 Å². The minimum atomic E-state index is -0.570. The molecule has 0 N–H and O–H groups in total. The second-order valence-electron chi connectivity index (χ2n) is 17.5. The summed E-state index contributed by atoms with van der Waals surface area (Å²) in [5.74, 6) is 0.704. The molecule has 312 valence electrons. The van der Waals surface area contributed by atoms with E-state index < -0.39 is 5.41 Å². The van der Waals surface area contributed by atoms with Gasteiger partial charge < -0.3 is 0 Å². The van der Waals surface area contributed by atoms with Crippen molar-refractivity contribution in [3.05, 3.63) is 277 Å². The molecular formula is C65H42N2. The van der Waals surface area contributed by atoms with Gasteiger partial charge in [0.25, 0.3) is 0 Å². The highest BCUT2D eigenvalue weighted by Gasteiger charge is 2.48. The van der Waals surface area contributed by atoms with E-state index in [-0.39, 0.29) is 0 Å². The Morgan fingerprint density at radius 2 is 0.701 bits per heavy atom. The summed E-state index contributed by atoms with van der Waals surface area (Å²) in [4.78, 5) is 10.5. The number of benzene rings is 11. The Morgan fingerprint density at radius 3 is 1.24 bits per heavy atom. The Balaban J connectivity index is 1.03. The molecule has 2 heteroatoms. The second kappa shape index (κ2) is 15.8. The van der Waals surface area contributed by atoms with Crippen LogP contribution in [0.15, 0.2) is 255 Å². The Bertz CT molecular complexity index is 3740. The van der Waals surface area contributed by atoms with Crippen molar-refractivity contribution in [2.24, 2.45) is 0 Å². The van der Waals surface area contributed by atoms with E-state index in [1.54, 1.807) is 0 Å². The van der Waals surface area contributed by atoms with E-state index in [0.29, 0.717) is 5.82 Å². The fraction of sp³-hybridized carbons (Fsp3) is 0.0154. The van der Waals surface area contributed by atoms with E-state index in [4.69, 9.17) is 9.97 Å². The van der Waals surface area contributed by atoms with Gasteiger partial charge in [-0.2, -0.15) is 0 Å². The van der Waals surface area contributed by atoms with Gasteiger partial charge >= 0.3 is 0 Å². The van der Waals surface area contributed by atoms with Gasteiger partial charge in [0.15, 0.2) is 5.82 Å². The molecule has 12 aromatic rings. The fourth-order valence-electron chi connectivity index (χ4n) is 11.1. The van der Waals surface area contributed by atoms with Gasteiger partial charge in [-0.3, -0.25) is 0 Å². The van der Waals surface area contributed by atoms with Crippen LogP contribution in [0.2, 0.25) is 0 Å². The van der Waals surface area contributed by atoms with Gasteiger partial charge in [0.05, 0.1) is 16.8 Å². The Labute approximate surface area is 390 Å². The topological polar surface area (TPSA) is 25.8 Å². The van der Waals surface area contributed by atoms with Crippen molar-refractivity contribution in [3.63, 3.8) is 0 Å². The summed E-state index contributed by atoms with van der Waals surface area (Å²) in [5, 5.41) is 7.20. The van der Waals surface area contributed by atoms with Crippen LogP contribution in [0.4, 0.5) is 0 Å². The second-order valence-corrected chi connectivity index (χ2v) is 17.5. The summed E-state index contributed by atoms with van der Waals surface area (Å²) in [6, 6.07) is 92.6. The molecule has 1 aliphatic carbocycles. The van der Waals surface area contributed by atoms with E-state index in [1.807, 2.05) is 12.1 Å². The van der Waals surface area contributed by atoms with Gasteiger partial charge in [-0.15, -0.1) is 0 Å². The first-order chi connectivity index (χ1) is 33.3. The molecule has 0 amide bonds. The van der Waals surface area contributed by atoms with E-state index in [0.717, 1.165) is 38.9 Å². The number of nitrogens with zero attached hydrogens (tertiary/aromatic N) is 2. The van der Waals surface area contributed by atoms with Crippen molar-refractivity contribution < 1.29 is 0 Å². The lowest BCUT2D eigenvalue weighted by Gasteiger charge is -2.35. The summed E-state index contributed by atoms with van der Waals surface area (Å²) < 4.78 is 0. The number of hydrogen-bond acceptors (Lipinski definition) is 2. The molecule has 1 aromatic heterocycles. The third-order valence-corrected chi connectivity index (χ3v) is 14.0. The zero-order valence-electron chi connectivity index (χ0n) is 36.6. The van der Waals surface area contributed by atoms with Crippen LogP contribution in [0.5, 0.6) is 0 Å². The summed E-state index contributed by atoms with van der Waals surface area (Å²) in [6.45, 7) is 0. The normalized spacial score (nSPS) is 12.6. The van der Waals surface area contributed by atoms with Crippen LogP contribution >= 0.6 is 0 Å². The first-order valence-corrected chi connectivity index (χ1v) is 23.1. The molecule has 0 atom stereocenters. The predicted molar refractivity (Wildman–Crippen MR) is 279 cm³/mol. The molecule has 67 heavy (non-hydrogen) atoms. The van der Waals surface area contributed by atoms with Crippen molar-refractivity contribution in [1.82, 2.24) is 9.97 Å². The predicted octanol–water partition coefficient (Wildman–Crippen LogP) is 16.6. The fourth-order valence-corrected chi connectivity index (χ4v) is 11.1. The molecule has 0 bridgehead atoms. The van der Waals surface area contributed by atoms with Crippen LogP contribution < -0.4 is 0 Å². The molecule has 0 saturated carbocycles. The molecule has 0 spiro atoms. The lowest BCUT2D eigenvalue weighted by molar-refractivity contribution is 0.771. The smallest absolute Gasteiger partial charge is 0.161 e. The summed E-state index contributed by atoms with van der Waals surface area (Å²) in [6.07, 6.45) is 0. The van der Waals surface area contributed by atoms with Crippen molar-refractivity contribution in [2.75, 3.05) is 0 Å². The maximum Gasteiger partial charge on any atom is 0.161 e. The Hall–Kier alpha value is -8.72. The van der Waals surface area contributed by atoms with Gasteiger partial charge in [0.1, 0.15) is 0 Å². The number of aromatic nitrogens is 2. The number of fused-ring (bicyclic) bond motifs is 7. The first-order valence-electron chi connectivity index (χ1n) is 23.1. The standard InChI is InChI=1S/C65H42N2/c1-5-21-44(22-6-1)60-42-61(45-23-7-2-8-24-45)67-64(66-60)57-40-39-54(51-32-17-18-33-52(51)57)53-37-38-55(50-31-16-15-30-49(50)53)56-34-19-35-58-62-48-29-14-13-20-43(48)36-41-59(62)65(63(56)58,46-25-9-3-10-26-46)47-27-11-4-12-28-47/h1-42H. The molecule has 0 aliphatic heterocycles. The van der Waals surface area contributed by atoms with Gasteiger partial charge in [-0.1, -0.05) is 243 Å². The van der Waals surface area contributed by atoms with Crippen molar-refractivity contribution in [1.29, 1.82) is 0 Å². The molecule has 0 saturated heterocycles. The Morgan fingerprint density at radius 1 is 0.284 bits per heavy atom. The van der Waals surface area contributed by atoms with Crippen molar-refractivity contribution >= 4 is 32.3 Å². The third-order valence-electron chi connectivity index (χ3n) is 14.0. The van der Waals surface area contributed by atoms with Crippen LogP contribution in [0.1, 0.15) is 22.3 Å². The lowest BCUT2D eigenvalue weighted by atomic mass is 9.66. The third kappa shape index (κ3) is 6.11. The highest BCUT2D eigenvalue weighted by Crippen LogP contribution is 2.60. The SMILES string of the molecule is c1ccc(-c2cc(-c3ccccc3)nc(-c3ccc(-c4ccc(-c5cccc6c5C(c5ccccc5)(c5ccccc5)c5ccc7ccccc7c5-6)c5ccccc45)c4ccccc34)n2)cc1. The average molecular weight is 851 g/mol. The highest BCUT2D eigenvalue weighted by molar-refractivity contribution is 6.13. The van der Waals surface area contributed by atoms with Gasteiger partial charge in [0, 0.05) is 16.7 Å².